The first-order valence-corrected chi connectivity index (χ1v) is 9.15. The monoisotopic (exact) mass is 377 g/mol. The van der Waals surface area contributed by atoms with Gasteiger partial charge in [-0.2, -0.15) is 0 Å². The number of nitrogen functional groups attached to an aromatic ring is 1. The summed E-state index contributed by atoms with van der Waals surface area (Å²) >= 11 is 5.90. The number of imidazole rings is 1. The van der Waals surface area contributed by atoms with Crippen LogP contribution in [0.1, 0.15) is 18.5 Å². The summed E-state index contributed by atoms with van der Waals surface area (Å²) < 4.78 is 10.7. The second-order valence-corrected chi connectivity index (χ2v) is 6.70. The fourth-order valence-corrected chi connectivity index (χ4v) is 3.31. The van der Waals surface area contributed by atoms with Gasteiger partial charge in [0.15, 0.2) is 23.1 Å². The Balaban J connectivity index is 1.67. The number of nitrogens with two attached hydrogens (primary N) is 1. The van der Waals surface area contributed by atoms with Crippen molar-refractivity contribution in [2.75, 3.05) is 31.3 Å². The lowest BCUT2D eigenvalue weighted by molar-refractivity contribution is 0.216. The molecule has 0 unspecified atom stereocenters. The minimum atomic E-state index is 0.174. The van der Waals surface area contributed by atoms with Crippen LogP contribution in [-0.2, 0) is 6.42 Å². The molecule has 26 heavy (non-hydrogen) atoms. The van der Waals surface area contributed by atoms with Crippen molar-refractivity contribution in [3.8, 4) is 17.3 Å². The Bertz CT molecular complexity index is 888. The lowest BCUT2D eigenvalue weighted by atomic mass is 9.99. The summed E-state index contributed by atoms with van der Waals surface area (Å²) in [5, 5.41) is 10.8. The maximum atomic E-state index is 6.07. The number of aromatic nitrogens is 5. The van der Waals surface area contributed by atoms with Gasteiger partial charge in [-0.25, -0.2) is 9.61 Å². The molecule has 0 aromatic carbocycles. The van der Waals surface area contributed by atoms with Crippen LogP contribution in [0.15, 0.2) is 10.8 Å². The van der Waals surface area contributed by atoms with Crippen molar-refractivity contribution in [1.82, 2.24) is 30.6 Å². The highest BCUT2D eigenvalue weighted by Crippen LogP contribution is 2.30. The van der Waals surface area contributed by atoms with Crippen LogP contribution in [0.4, 0.5) is 5.82 Å². The van der Waals surface area contributed by atoms with Gasteiger partial charge in [-0.1, -0.05) is 0 Å². The number of anilines is 1. The van der Waals surface area contributed by atoms with E-state index in [-0.39, 0.29) is 5.82 Å². The van der Waals surface area contributed by atoms with E-state index in [1.165, 1.54) is 0 Å². The Morgan fingerprint density at radius 3 is 2.88 bits per heavy atom. The summed E-state index contributed by atoms with van der Waals surface area (Å²) in [5.74, 6) is 2.28. The molecule has 1 fully saturated rings. The van der Waals surface area contributed by atoms with E-state index in [2.05, 4.69) is 35.2 Å². The lowest BCUT2D eigenvalue weighted by Crippen LogP contribution is -2.30. The van der Waals surface area contributed by atoms with Gasteiger partial charge in [0.25, 0.3) is 0 Å². The summed E-state index contributed by atoms with van der Waals surface area (Å²) in [6, 6.07) is 0. The molecule has 0 aliphatic carbocycles. The van der Waals surface area contributed by atoms with Gasteiger partial charge >= 0.3 is 0 Å². The molecule has 1 aliphatic heterocycles. The molecule has 4 rings (SSSR count). The van der Waals surface area contributed by atoms with E-state index in [1.54, 1.807) is 6.20 Å². The number of halogens is 1. The topological polar surface area (TPSA) is 128 Å². The average molecular weight is 378 g/mol. The Labute approximate surface area is 154 Å². The highest BCUT2D eigenvalue weighted by Gasteiger charge is 2.20. The van der Waals surface area contributed by atoms with Gasteiger partial charge < -0.3 is 20.8 Å². The SMILES string of the molecule is Nc1nonc1-c1nc2c(CCCl)ncc(OCC3CCNCC3)c2[nH]1. The fraction of sp³-hybridized carbons (Fsp3) is 0.500. The zero-order chi connectivity index (χ0) is 17.9. The second-order valence-electron chi connectivity index (χ2n) is 6.32. The van der Waals surface area contributed by atoms with Gasteiger partial charge in [-0.3, -0.25) is 4.98 Å². The molecule has 1 saturated heterocycles. The maximum absolute atomic E-state index is 6.07. The quantitative estimate of drug-likeness (QED) is 0.554. The maximum Gasteiger partial charge on any atom is 0.199 e. The minimum absolute atomic E-state index is 0.174. The lowest BCUT2D eigenvalue weighted by Gasteiger charge is -2.22. The van der Waals surface area contributed by atoms with Gasteiger partial charge in [0.2, 0.25) is 0 Å². The molecule has 0 radical (unpaired) electrons. The summed E-state index contributed by atoms with van der Waals surface area (Å²) in [5.41, 5.74) is 8.40. The predicted octanol–water partition coefficient (Wildman–Crippen LogP) is 1.75. The van der Waals surface area contributed by atoms with E-state index < -0.39 is 0 Å². The zero-order valence-corrected chi connectivity index (χ0v) is 14.9. The molecule has 0 atom stereocenters. The third-order valence-corrected chi connectivity index (χ3v) is 4.75. The average Bonchev–Trinajstić information content (AvgIpc) is 3.28. The number of nitrogens with zero attached hydrogens (tertiary/aromatic N) is 4. The van der Waals surface area contributed by atoms with Crippen LogP contribution >= 0.6 is 11.6 Å². The molecule has 0 spiro atoms. The van der Waals surface area contributed by atoms with Crippen LogP contribution in [0, 0.1) is 5.92 Å². The number of piperidine rings is 1. The number of rotatable bonds is 6. The number of aryl methyl sites for hydroxylation is 1. The number of aromatic amines is 1. The van der Waals surface area contributed by atoms with Gasteiger partial charge in [-0.05, 0) is 42.2 Å². The fourth-order valence-electron chi connectivity index (χ4n) is 3.13. The van der Waals surface area contributed by atoms with Gasteiger partial charge in [0.1, 0.15) is 11.0 Å². The van der Waals surface area contributed by atoms with Gasteiger partial charge in [0, 0.05) is 12.3 Å². The molecule has 0 amide bonds. The first kappa shape index (κ1) is 17.0. The molecule has 4 heterocycles. The summed E-state index contributed by atoms with van der Waals surface area (Å²) in [7, 11) is 0. The van der Waals surface area contributed by atoms with Crippen LogP contribution in [-0.4, -0.2) is 50.8 Å². The molecule has 9 nitrogen and oxygen atoms in total. The second kappa shape index (κ2) is 7.46. The van der Waals surface area contributed by atoms with Gasteiger partial charge in [0.05, 0.1) is 18.5 Å². The highest BCUT2D eigenvalue weighted by molar-refractivity contribution is 6.18. The van der Waals surface area contributed by atoms with E-state index in [1.807, 2.05) is 0 Å². The zero-order valence-electron chi connectivity index (χ0n) is 14.2. The molecule has 10 heteroatoms. The van der Waals surface area contributed by atoms with E-state index in [0.717, 1.165) is 37.1 Å². The molecule has 3 aromatic rings. The summed E-state index contributed by atoms with van der Waals surface area (Å²) in [6.45, 7) is 2.71. The molecule has 138 valence electrons. The third-order valence-electron chi connectivity index (χ3n) is 4.56. The van der Waals surface area contributed by atoms with Crippen LogP contribution < -0.4 is 15.8 Å². The predicted molar refractivity (Wildman–Crippen MR) is 97.1 cm³/mol. The van der Waals surface area contributed by atoms with Crippen molar-refractivity contribution < 1.29 is 9.37 Å². The number of nitrogens with one attached hydrogen (secondary N) is 2. The van der Waals surface area contributed by atoms with Crippen molar-refractivity contribution in [3.05, 3.63) is 11.9 Å². The number of ether oxygens (including phenoxy) is 1. The molecule has 1 aliphatic rings. The molecular weight excluding hydrogens is 358 g/mol. The number of hydrogen-bond donors (Lipinski definition) is 3. The molecular formula is C16H20ClN7O2. The van der Waals surface area contributed by atoms with E-state index in [4.69, 9.17) is 22.1 Å². The number of pyridine rings is 1. The molecule has 0 saturated carbocycles. The Morgan fingerprint density at radius 2 is 2.15 bits per heavy atom. The van der Waals surface area contributed by atoms with Crippen molar-refractivity contribution in [1.29, 1.82) is 0 Å². The minimum Gasteiger partial charge on any atom is -0.489 e. The van der Waals surface area contributed by atoms with Crippen LogP contribution in [0.2, 0.25) is 0 Å². The number of fused-ring (bicyclic) bond motifs is 1. The van der Waals surface area contributed by atoms with Crippen molar-refractivity contribution >= 4 is 28.5 Å². The first-order valence-electron chi connectivity index (χ1n) is 8.61. The summed E-state index contributed by atoms with van der Waals surface area (Å²) in [4.78, 5) is 12.3. The van der Waals surface area contributed by atoms with Crippen LogP contribution in [0.25, 0.3) is 22.6 Å². The van der Waals surface area contributed by atoms with Crippen LogP contribution in [0.3, 0.4) is 0 Å². The Kier molecular flexibility index (Phi) is 4.89. The van der Waals surface area contributed by atoms with E-state index in [9.17, 15) is 0 Å². The molecule has 3 aromatic heterocycles. The molecule has 4 N–H and O–H groups in total. The Morgan fingerprint density at radius 1 is 1.31 bits per heavy atom. The first-order chi connectivity index (χ1) is 12.8. The van der Waals surface area contributed by atoms with E-state index in [0.29, 0.717) is 47.6 Å². The number of alkyl halides is 1. The van der Waals surface area contributed by atoms with Crippen molar-refractivity contribution in [2.24, 2.45) is 5.92 Å². The van der Waals surface area contributed by atoms with Gasteiger partial charge in [-0.15, -0.1) is 11.6 Å². The largest absolute Gasteiger partial charge is 0.489 e. The smallest absolute Gasteiger partial charge is 0.199 e. The summed E-state index contributed by atoms with van der Waals surface area (Å²) in [6.07, 6.45) is 4.54. The standard InChI is InChI=1S/C16H20ClN7O2/c17-4-1-10-12-13(22-16(21-12)14-15(18)24-26-23-14)11(7-20-10)25-8-9-2-5-19-6-3-9/h7,9,19H,1-6,8H2,(H2,18,24)(H,21,22). The van der Waals surface area contributed by atoms with Crippen molar-refractivity contribution in [2.45, 2.75) is 19.3 Å². The number of hydrogen-bond acceptors (Lipinski definition) is 8. The Hall–Kier alpha value is -2.39. The van der Waals surface area contributed by atoms with E-state index >= 15 is 0 Å². The normalized spacial score (nSPS) is 15.6. The van der Waals surface area contributed by atoms with Crippen molar-refractivity contribution in [3.63, 3.8) is 0 Å². The molecule has 0 bridgehead atoms. The third kappa shape index (κ3) is 3.32. The number of H-pyrrole nitrogens is 1. The van der Waals surface area contributed by atoms with Crippen LogP contribution in [0.5, 0.6) is 5.75 Å². The highest BCUT2D eigenvalue weighted by atomic mass is 35.5.